The van der Waals surface area contributed by atoms with Gasteiger partial charge in [-0.05, 0) is 49.5 Å². The molecule has 5 heteroatoms. The molecular formula is C19H21BO4. The zero-order chi connectivity index (χ0) is 17.2. The molecule has 0 radical (unpaired) electrons. The summed E-state index contributed by atoms with van der Waals surface area (Å²) < 4.78 is 17.6. The molecule has 1 aliphatic rings. The largest absolute Gasteiger partial charge is 0.495 e. The van der Waals surface area contributed by atoms with Crippen molar-refractivity contribution in [1.82, 2.24) is 0 Å². The van der Waals surface area contributed by atoms with Crippen LogP contribution in [0.15, 0.2) is 42.5 Å². The quantitative estimate of drug-likeness (QED) is 0.627. The van der Waals surface area contributed by atoms with Crippen molar-refractivity contribution in [2.24, 2.45) is 0 Å². The molecule has 0 aromatic heterocycles. The fourth-order valence-corrected chi connectivity index (χ4v) is 2.71. The minimum atomic E-state index is -0.542. The van der Waals surface area contributed by atoms with E-state index in [0.29, 0.717) is 24.2 Å². The fourth-order valence-electron chi connectivity index (χ4n) is 2.71. The first-order chi connectivity index (χ1) is 11.5. The lowest BCUT2D eigenvalue weighted by Crippen LogP contribution is -2.37. The zero-order valence-corrected chi connectivity index (χ0v) is 14.2. The Balaban J connectivity index is 1.85. The van der Waals surface area contributed by atoms with Gasteiger partial charge >= 0.3 is 7.12 Å². The van der Waals surface area contributed by atoms with Crippen molar-refractivity contribution in [3.8, 4) is 5.75 Å². The fraction of sp³-hybridized carbons (Fsp3) is 0.316. The SMILES string of the molecule is Cc1cc(C=O)c(B2OCC(C)(C)O2)cc1OCc1ccccc1. The zero-order valence-electron chi connectivity index (χ0n) is 14.2. The Morgan fingerprint density at radius 2 is 2.00 bits per heavy atom. The van der Waals surface area contributed by atoms with Gasteiger partial charge in [0, 0.05) is 5.56 Å². The number of benzene rings is 2. The number of aldehydes is 1. The van der Waals surface area contributed by atoms with E-state index in [1.807, 2.05) is 63.2 Å². The summed E-state index contributed by atoms with van der Waals surface area (Å²) in [5.74, 6) is 0.733. The highest BCUT2D eigenvalue weighted by atomic mass is 16.7. The number of ether oxygens (including phenoxy) is 1. The first-order valence-corrected chi connectivity index (χ1v) is 8.04. The average Bonchev–Trinajstić information content (AvgIpc) is 2.94. The third kappa shape index (κ3) is 3.69. The summed E-state index contributed by atoms with van der Waals surface area (Å²) in [6.07, 6.45) is 0.835. The van der Waals surface area contributed by atoms with Gasteiger partial charge in [-0.1, -0.05) is 30.3 Å². The smallest absolute Gasteiger partial charge is 0.489 e. The van der Waals surface area contributed by atoms with Crippen LogP contribution in [0.25, 0.3) is 0 Å². The van der Waals surface area contributed by atoms with Crippen LogP contribution in [0.2, 0.25) is 0 Å². The molecule has 1 aliphatic heterocycles. The molecule has 1 fully saturated rings. The minimum Gasteiger partial charge on any atom is -0.489 e. The highest BCUT2D eigenvalue weighted by Crippen LogP contribution is 2.24. The van der Waals surface area contributed by atoms with E-state index in [1.54, 1.807) is 0 Å². The van der Waals surface area contributed by atoms with E-state index in [9.17, 15) is 4.79 Å². The van der Waals surface area contributed by atoms with Crippen molar-refractivity contribution in [2.45, 2.75) is 33.0 Å². The summed E-state index contributed by atoms with van der Waals surface area (Å²) in [4.78, 5) is 11.4. The highest BCUT2D eigenvalue weighted by Gasteiger charge is 2.39. The van der Waals surface area contributed by atoms with Crippen molar-refractivity contribution in [1.29, 1.82) is 0 Å². The van der Waals surface area contributed by atoms with Gasteiger partial charge in [0.15, 0.2) is 0 Å². The van der Waals surface area contributed by atoms with E-state index in [1.165, 1.54) is 0 Å². The van der Waals surface area contributed by atoms with Crippen LogP contribution in [0.1, 0.15) is 35.3 Å². The van der Waals surface area contributed by atoms with E-state index in [2.05, 4.69) is 0 Å². The molecule has 2 aromatic rings. The van der Waals surface area contributed by atoms with Gasteiger partial charge in [0.25, 0.3) is 0 Å². The lowest BCUT2D eigenvalue weighted by atomic mass is 9.75. The second kappa shape index (κ2) is 6.79. The summed E-state index contributed by atoms with van der Waals surface area (Å²) >= 11 is 0. The Kier molecular flexibility index (Phi) is 4.74. The van der Waals surface area contributed by atoms with E-state index >= 15 is 0 Å². The summed E-state index contributed by atoms with van der Waals surface area (Å²) in [6.45, 7) is 6.82. The molecule has 4 nitrogen and oxygen atoms in total. The lowest BCUT2D eigenvalue weighted by Gasteiger charge is -2.17. The maximum Gasteiger partial charge on any atom is 0.495 e. The van der Waals surface area contributed by atoms with Crippen LogP contribution in [0, 0.1) is 6.92 Å². The molecule has 0 aliphatic carbocycles. The average molecular weight is 324 g/mol. The second-order valence-corrected chi connectivity index (χ2v) is 6.66. The Morgan fingerprint density at radius 3 is 2.62 bits per heavy atom. The van der Waals surface area contributed by atoms with Crippen LogP contribution in [0.5, 0.6) is 5.75 Å². The molecule has 0 atom stereocenters. The number of hydrogen-bond acceptors (Lipinski definition) is 4. The Labute approximate surface area is 142 Å². The normalized spacial score (nSPS) is 16.2. The highest BCUT2D eigenvalue weighted by molar-refractivity contribution is 6.63. The van der Waals surface area contributed by atoms with Gasteiger partial charge in [0.2, 0.25) is 0 Å². The molecule has 0 N–H and O–H groups in total. The van der Waals surface area contributed by atoms with Crippen molar-refractivity contribution in [3.05, 3.63) is 59.2 Å². The first-order valence-electron chi connectivity index (χ1n) is 8.04. The molecule has 1 saturated heterocycles. The molecule has 2 aromatic carbocycles. The van der Waals surface area contributed by atoms with E-state index in [0.717, 1.165) is 23.2 Å². The maximum absolute atomic E-state index is 11.4. The van der Waals surface area contributed by atoms with Gasteiger partial charge in [-0.3, -0.25) is 4.79 Å². The van der Waals surface area contributed by atoms with E-state index < -0.39 is 7.12 Å². The predicted octanol–water partition coefficient (Wildman–Crippen LogP) is 2.91. The third-order valence-corrected chi connectivity index (χ3v) is 4.01. The van der Waals surface area contributed by atoms with Gasteiger partial charge in [-0.25, -0.2) is 0 Å². The number of carbonyl (C=O) groups is 1. The molecule has 0 amide bonds. The van der Waals surface area contributed by atoms with Crippen LogP contribution in [0.3, 0.4) is 0 Å². The standard InChI is InChI=1S/C19H21BO4/c1-14-9-16(11-21)17(20-23-13-19(2,3)24-20)10-18(14)22-12-15-7-5-4-6-8-15/h4-11H,12-13H2,1-3H3. The summed E-state index contributed by atoms with van der Waals surface area (Å²) in [5.41, 5.74) is 2.92. The van der Waals surface area contributed by atoms with Crippen LogP contribution >= 0.6 is 0 Å². The van der Waals surface area contributed by atoms with Gasteiger partial charge in [-0.15, -0.1) is 0 Å². The Bertz CT molecular complexity index is 728. The summed E-state index contributed by atoms with van der Waals surface area (Å²) in [7, 11) is -0.542. The van der Waals surface area contributed by atoms with Crippen LogP contribution in [-0.4, -0.2) is 25.6 Å². The van der Waals surface area contributed by atoms with E-state index in [4.69, 9.17) is 14.0 Å². The molecular weight excluding hydrogens is 303 g/mol. The van der Waals surface area contributed by atoms with Gasteiger partial charge in [0.1, 0.15) is 18.6 Å². The maximum atomic E-state index is 11.4. The number of rotatable bonds is 5. The van der Waals surface area contributed by atoms with Crippen molar-refractivity contribution in [2.75, 3.05) is 6.61 Å². The molecule has 0 unspecified atom stereocenters. The molecule has 0 saturated carbocycles. The summed E-state index contributed by atoms with van der Waals surface area (Å²) in [6, 6.07) is 13.6. The Hall–Kier alpha value is -2.11. The molecule has 3 rings (SSSR count). The monoisotopic (exact) mass is 324 g/mol. The van der Waals surface area contributed by atoms with Crippen molar-refractivity contribution in [3.63, 3.8) is 0 Å². The Morgan fingerprint density at radius 1 is 1.25 bits per heavy atom. The van der Waals surface area contributed by atoms with Gasteiger partial charge < -0.3 is 14.0 Å². The van der Waals surface area contributed by atoms with Crippen LogP contribution in [0.4, 0.5) is 0 Å². The van der Waals surface area contributed by atoms with E-state index in [-0.39, 0.29) is 5.60 Å². The molecule has 24 heavy (non-hydrogen) atoms. The van der Waals surface area contributed by atoms with Gasteiger partial charge in [0.05, 0.1) is 12.2 Å². The topological polar surface area (TPSA) is 44.8 Å². The number of aryl methyl sites for hydroxylation is 1. The second-order valence-electron chi connectivity index (χ2n) is 6.66. The number of carbonyl (C=O) groups excluding carboxylic acids is 1. The van der Waals surface area contributed by atoms with Gasteiger partial charge in [-0.2, -0.15) is 0 Å². The lowest BCUT2D eigenvalue weighted by molar-refractivity contribution is 0.112. The number of hydrogen-bond donors (Lipinski definition) is 0. The summed E-state index contributed by atoms with van der Waals surface area (Å²) in [5, 5.41) is 0. The van der Waals surface area contributed by atoms with Crippen molar-refractivity contribution >= 4 is 18.9 Å². The van der Waals surface area contributed by atoms with Crippen LogP contribution in [-0.2, 0) is 15.9 Å². The van der Waals surface area contributed by atoms with Crippen LogP contribution < -0.4 is 10.2 Å². The third-order valence-electron chi connectivity index (χ3n) is 4.01. The molecule has 124 valence electrons. The first kappa shape index (κ1) is 16.7. The van der Waals surface area contributed by atoms with Crippen molar-refractivity contribution < 1.29 is 18.8 Å². The molecule has 0 spiro atoms. The molecule has 0 bridgehead atoms. The molecule has 1 heterocycles. The predicted molar refractivity (Wildman–Crippen MR) is 93.8 cm³/mol. The minimum absolute atomic E-state index is 0.360.